The Hall–Kier alpha value is -3.02. The first-order valence-electron chi connectivity index (χ1n) is 8.80. The third-order valence-corrected chi connectivity index (χ3v) is 4.86. The lowest BCUT2D eigenvalue weighted by molar-refractivity contribution is 0.0713. The molecule has 1 saturated heterocycles. The topological polar surface area (TPSA) is 72.1 Å². The molecule has 132 valence electrons. The van der Waals surface area contributed by atoms with E-state index in [1.54, 1.807) is 6.92 Å². The Balaban J connectivity index is 1.40. The summed E-state index contributed by atoms with van der Waals surface area (Å²) >= 11 is 0. The highest BCUT2D eigenvalue weighted by Gasteiger charge is 2.24. The summed E-state index contributed by atoms with van der Waals surface area (Å²) < 4.78 is 5.42. The lowest BCUT2D eigenvalue weighted by Gasteiger charge is -2.32. The molecule has 2 aromatic heterocycles. The van der Waals surface area contributed by atoms with Gasteiger partial charge in [-0.05, 0) is 60.7 Å². The fourth-order valence-electron chi connectivity index (χ4n) is 3.40. The van der Waals surface area contributed by atoms with Crippen molar-refractivity contribution in [2.24, 2.45) is 0 Å². The molecule has 3 heterocycles. The van der Waals surface area contributed by atoms with E-state index in [-0.39, 0.29) is 5.91 Å². The zero-order chi connectivity index (χ0) is 17.9. The molecular formula is C20H20N4O2. The second kappa shape index (κ2) is 7.07. The number of piperidine rings is 1. The molecule has 0 saturated carbocycles. The molecule has 6 nitrogen and oxygen atoms in total. The third kappa shape index (κ3) is 3.35. The number of nitrogens with zero attached hydrogens (tertiary/aromatic N) is 4. The number of likely N-dealkylation sites (tertiary alicyclic amines) is 1. The maximum absolute atomic E-state index is 12.8. The molecular weight excluding hydrogens is 328 g/mol. The Labute approximate surface area is 151 Å². The molecule has 1 aromatic carbocycles. The lowest BCUT2D eigenvalue weighted by Crippen LogP contribution is -2.37. The molecule has 1 aliphatic heterocycles. The summed E-state index contributed by atoms with van der Waals surface area (Å²) in [6, 6.07) is 11.5. The van der Waals surface area contributed by atoms with Crippen LogP contribution in [-0.4, -0.2) is 39.1 Å². The first kappa shape index (κ1) is 16.4. The fourth-order valence-corrected chi connectivity index (χ4v) is 3.40. The van der Waals surface area contributed by atoms with Gasteiger partial charge in [0.2, 0.25) is 11.8 Å². The highest BCUT2D eigenvalue weighted by molar-refractivity contribution is 5.94. The van der Waals surface area contributed by atoms with Gasteiger partial charge in [0, 0.05) is 43.5 Å². The summed E-state index contributed by atoms with van der Waals surface area (Å²) in [5.74, 6) is 1.58. The predicted octanol–water partition coefficient (Wildman–Crippen LogP) is 3.46. The number of rotatable bonds is 3. The second-order valence-corrected chi connectivity index (χ2v) is 6.55. The first-order chi connectivity index (χ1) is 12.7. The van der Waals surface area contributed by atoms with Crippen LogP contribution in [-0.2, 0) is 0 Å². The Morgan fingerprint density at radius 2 is 1.73 bits per heavy atom. The average molecular weight is 348 g/mol. The van der Waals surface area contributed by atoms with Gasteiger partial charge in [-0.1, -0.05) is 0 Å². The van der Waals surface area contributed by atoms with Crippen molar-refractivity contribution in [3.63, 3.8) is 0 Å². The minimum Gasteiger partial charge on any atom is -0.421 e. The molecule has 0 radical (unpaired) electrons. The highest BCUT2D eigenvalue weighted by Crippen LogP contribution is 2.28. The van der Waals surface area contributed by atoms with Crippen LogP contribution in [0.4, 0.5) is 0 Å². The monoisotopic (exact) mass is 348 g/mol. The average Bonchev–Trinajstić information content (AvgIpc) is 3.15. The van der Waals surface area contributed by atoms with Crippen LogP contribution in [0.25, 0.3) is 11.5 Å². The summed E-state index contributed by atoms with van der Waals surface area (Å²) in [5, 5.41) is 7.83. The van der Waals surface area contributed by atoms with Crippen molar-refractivity contribution in [2.75, 3.05) is 13.1 Å². The van der Waals surface area contributed by atoms with Gasteiger partial charge in [-0.2, -0.15) is 0 Å². The van der Waals surface area contributed by atoms with Crippen LogP contribution in [0.1, 0.15) is 40.6 Å². The maximum Gasteiger partial charge on any atom is 0.253 e. The number of amides is 1. The molecule has 0 spiro atoms. The second-order valence-electron chi connectivity index (χ2n) is 6.55. The number of aromatic nitrogens is 3. The number of carbonyl (C=O) groups excluding carboxylic acids is 1. The van der Waals surface area contributed by atoms with Gasteiger partial charge in [-0.15, -0.1) is 10.2 Å². The zero-order valence-electron chi connectivity index (χ0n) is 14.6. The van der Waals surface area contributed by atoms with E-state index in [1.807, 2.05) is 41.6 Å². The van der Waals surface area contributed by atoms with Crippen molar-refractivity contribution in [1.29, 1.82) is 0 Å². The van der Waals surface area contributed by atoms with E-state index < -0.39 is 0 Å². The van der Waals surface area contributed by atoms with E-state index in [2.05, 4.69) is 27.3 Å². The SMILES string of the molecule is Cc1nnc(-c2ccc(C(=O)N3CCC(c4ccncc4)CC3)cc2)o1. The fraction of sp³-hybridized carbons (Fsp3) is 0.300. The number of benzene rings is 1. The van der Waals surface area contributed by atoms with E-state index in [0.29, 0.717) is 23.3 Å². The largest absolute Gasteiger partial charge is 0.421 e. The zero-order valence-corrected chi connectivity index (χ0v) is 14.6. The minimum absolute atomic E-state index is 0.0754. The van der Waals surface area contributed by atoms with Crippen LogP contribution in [0.15, 0.2) is 53.2 Å². The number of hydrogen-bond donors (Lipinski definition) is 0. The van der Waals surface area contributed by atoms with Gasteiger partial charge in [0.25, 0.3) is 5.91 Å². The van der Waals surface area contributed by atoms with Gasteiger partial charge in [-0.25, -0.2) is 0 Å². The van der Waals surface area contributed by atoms with Crippen LogP contribution >= 0.6 is 0 Å². The molecule has 3 aromatic rings. The standard InChI is InChI=1S/C20H20N4O2/c1-14-22-23-19(26-14)17-2-4-18(5-3-17)20(25)24-12-8-16(9-13-24)15-6-10-21-11-7-15/h2-7,10-11,16H,8-9,12-13H2,1H3. The van der Waals surface area contributed by atoms with Crippen molar-refractivity contribution in [3.05, 3.63) is 65.8 Å². The summed E-state index contributed by atoms with van der Waals surface area (Å²) in [7, 11) is 0. The number of carbonyl (C=O) groups is 1. The molecule has 1 fully saturated rings. The van der Waals surface area contributed by atoms with Crippen LogP contribution in [0.5, 0.6) is 0 Å². The molecule has 1 aliphatic rings. The van der Waals surface area contributed by atoms with Crippen LogP contribution in [0.3, 0.4) is 0 Å². The van der Waals surface area contributed by atoms with Crippen molar-refractivity contribution in [3.8, 4) is 11.5 Å². The Morgan fingerprint density at radius 1 is 1.04 bits per heavy atom. The van der Waals surface area contributed by atoms with Gasteiger partial charge in [0.1, 0.15) is 0 Å². The number of aryl methyl sites for hydroxylation is 1. The van der Waals surface area contributed by atoms with E-state index in [1.165, 1.54) is 5.56 Å². The van der Waals surface area contributed by atoms with Gasteiger partial charge < -0.3 is 9.32 Å². The summed E-state index contributed by atoms with van der Waals surface area (Å²) in [4.78, 5) is 18.8. The molecule has 0 aliphatic carbocycles. The molecule has 26 heavy (non-hydrogen) atoms. The van der Waals surface area contributed by atoms with Crippen LogP contribution in [0.2, 0.25) is 0 Å². The quantitative estimate of drug-likeness (QED) is 0.725. The van der Waals surface area contributed by atoms with Crippen molar-refractivity contribution < 1.29 is 9.21 Å². The van der Waals surface area contributed by atoms with E-state index in [4.69, 9.17) is 4.42 Å². The summed E-state index contributed by atoms with van der Waals surface area (Å²) in [6.45, 7) is 3.30. The van der Waals surface area contributed by atoms with Gasteiger partial charge >= 0.3 is 0 Å². The first-order valence-corrected chi connectivity index (χ1v) is 8.80. The molecule has 0 atom stereocenters. The van der Waals surface area contributed by atoms with Gasteiger partial charge in [-0.3, -0.25) is 9.78 Å². The molecule has 0 N–H and O–H groups in total. The Morgan fingerprint density at radius 3 is 2.35 bits per heavy atom. The van der Waals surface area contributed by atoms with E-state index >= 15 is 0 Å². The predicted molar refractivity (Wildman–Crippen MR) is 96.6 cm³/mol. The van der Waals surface area contributed by atoms with Gasteiger partial charge in [0.15, 0.2) is 0 Å². The van der Waals surface area contributed by atoms with Gasteiger partial charge in [0.05, 0.1) is 0 Å². The molecule has 0 bridgehead atoms. The summed E-state index contributed by atoms with van der Waals surface area (Å²) in [6.07, 6.45) is 5.63. The maximum atomic E-state index is 12.8. The van der Waals surface area contributed by atoms with E-state index in [9.17, 15) is 4.79 Å². The molecule has 1 amide bonds. The molecule has 0 unspecified atom stereocenters. The van der Waals surface area contributed by atoms with Crippen molar-refractivity contribution >= 4 is 5.91 Å². The minimum atomic E-state index is 0.0754. The lowest BCUT2D eigenvalue weighted by atomic mass is 9.90. The normalized spacial score (nSPS) is 15.2. The third-order valence-electron chi connectivity index (χ3n) is 4.86. The molecule has 6 heteroatoms. The Bertz CT molecular complexity index is 882. The van der Waals surface area contributed by atoms with Crippen LogP contribution in [0, 0.1) is 6.92 Å². The van der Waals surface area contributed by atoms with Crippen LogP contribution < -0.4 is 0 Å². The van der Waals surface area contributed by atoms with Crippen molar-refractivity contribution in [2.45, 2.75) is 25.7 Å². The van der Waals surface area contributed by atoms with E-state index in [0.717, 1.165) is 31.5 Å². The Kier molecular flexibility index (Phi) is 4.48. The number of hydrogen-bond acceptors (Lipinski definition) is 5. The van der Waals surface area contributed by atoms with Crippen molar-refractivity contribution in [1.82, 2.24) is 20.1 Å². The molecule has 4 rings (SSSR count). The summed E-state index contributed by atoms with van der Waals surface area (Å²) in [5.41, 5.74) is 2.82. The highest BCUT2D eigenvalue weighted by atomic mass is 16.4. The smallest absolute Gasteiger partial charge is 0.253 e. The number of pyridine rings is 1.